The number of carbonyl (C=O) groups excluding carboxylic acids is 1. The molecule has 0 spiro atoms. The lowest BCUT2D eigenvalue weighted by Gasteiger charge is -2.23. The lowest BCUT2D eigenvalue weighted by Crippen LogP contribution is -2.31. The average molecular weight is 431 g/mol. The molecule has 2 aromatic rings. The quantitative estimate of drug-likeness (QED) is 0.680. The van der Waals surface area contributed by atoms with Gasteiger partial charge in [0, 0.05) is 13.0 Å². The van der Waals surface area contributed by atoms with E-state index in [-0.39, 0.29) is 18.9 Å². The number of ether oxygens (including phenoxy) is 1. The molecule has 0 saturated carbocycles. The highest BCUT2D eigenvalue weighted by molar-refractivity contribution is 7.92. The van der Waals surface area contributed by atoms with Crippen LogP contribution in [0.15, 0.2) is 42.5 Å². The Hall–Kier alpha value is -1.96. The van der Waals surface area contributed by atoms with Crippen molar-refractivity contribution in [3.63, 3.8) is 0 Å². The second kappa shape index (κ2) is 9.30. The number of halogens is 2. The molecule has 6 nitrogen and oxygen atoms in total. The zero-order chi connectivity index (χ0) is 20.0. The molecule has 0 bridgehead atoms. The largest absolute Gasteiger partial charge is 0.495 e. The fourth-order valence-electron chi connectivity index (χ4n) is 2.46. The SMILES string of the molecule is COc1ccc(N(CCCC(=O)Nc2ccccc2Cl)S(C)(=O)=O)cc1Cl. The fourth-order valence-corrected chi connectivity index (χ4v) is 3.85. The number of amides is 1. The molecule has 0 aliphatic heterocycles. The topological polar surface area (TPSA) is 75.7 Å². The average Bonchev–Trinajstić information content (AvgIpc) is 2.59. The first-order valence-electron chi connectivity index (χ1n) is 8.08. The molecule has 2 rings (SSSR count). The van der Waals surface area contributed by atoms with Crippen LogP contribution in [0.2, 0.25) is 10.0 Å². The molecule has 1 N–H and O–H groups in total. The number of nitrogens with zero attached hydrogens (tertiary/aromatic N) is 1. The first-order valence-corrected chi connectivity index (χ1v) is 10.7. The molecule has 0 aliphatic carbocycles. The minimum atomic E-state index is -3.54. The van der Waals surface area contributed by atoms with Crippen LogP contribution in [-0.2, 0) is 14.8 Å². The third-order valence-electron chi connectivity index (χ3n) is 3.74. The molecule has 146 valence electrons. The van der Waals surface area contributed by atoms with Crippen LogP contribution in [0.1, 0.15) is 12.8 Å². The summed E-state index contributed by atoms with van der Waals surface area (Å²) in [4.78, 5) is 12.1. The highest BCUT2D eigenvalue weighted by Crippen LogP contribution is 2.30. The highest BCUT2D eigenvalue weighted by Gasteiger charge is 2.19. The van der Waals surface area contributed by atoms with Crippen molar-refractivity contribution >= 4 is 50.5 Å². The number of para-hydroxylation sites is 1. The van der Waals surface area contributed by atoms with Gasteiger partial charge in [0.15, 0.2) is 0 Å². The second-order valence-corrected chi connectivity index (χ2v) is 8.51. The van der Waals surface area contributed by atoms with E-state index in [1.165, 1.54) is 17.5 Å². The van der Waals surface area contributed by atoms with Gasteiger partial charge in [-0.3, -0.25) is 9.10 Å². The van der Waals surface area contributed by atoms with Gasteiger partial charge < -0.3 is 10.1 Å². The summed E-state index contributed by atoms with van der Waals surface area (Å²) >= 11 is 12.1. The number of hydrogen-bond acceptors (Lipinski definition) is 4. The number of nitrogens with one attached hydrogen (secondary N) is 1. The van der Waals surface area contributed by atoms with E-state index < -0.39 is 10.0 Å². The zero-order valence-corrected chi connectivity index (χ0v) is 17.2. The first kappa shape index (κ1) is 21.3. The molecular weight excluding hydrogens is 411 g/mol. The van der Waals surface area contributed by atoms with E-state index in [2.05, 4.69) is 5.32 Å². The minimum absolute atomic E-state index is 0.136. The number of carbonyl (C=O) groups is 1. The van der Waals surface area contributed by atoms with Gasteiger partial charge in [-0.05, 0) is 36.8 Å². The van der Waals surface area contributed by atoms with Crippen LogP contribution >= 0.6 is 23.2 Å². The maximum atomic E-state index is 12.1. The van der Waals surface area contributed by atoms with Crippen molar-refractivity contribution in [1.82, 2.24) is 0 Å². The van der Waals surface area contributed by atoms with Crippen LogP contribution in [0, 0.1) is 0 Å². The molecule has 0 fully saturated rings. The molecule has 2 aromatic carbocycles. The molecule has 27 heavy (non-hydrogen) atoms. The van der Waals surface area contributed by atoms with Crippen molar-refractivity contribution < 1.29 is 17.9 Å². The van der Waals surface area contributed by atoms with E-state index in [9.17, 15) is 13.2 Å². The van der Waals surface area contributed by atoms with Gasteiger partial charge >= 0.3 is 0 Å². The number of methoxy groups -OCH3 is 1. The van der Waals surface area contributed by atoms with E-state index in [1.807, 2.05) is 0 Å². The van der Waals surface area contributed by atoms with Gasteiger partial charge in [0.25, 0.3) is 0 Å². The van der Waals surface area contributed by atoms with Crippen LogP contribution in [0.4, 0.5) is 11.4 Å². The van der Waals surface area contributed by atoms with Crippen LogP contribution in [0.3, 0.4) is 0 Å². The van der Waals surface area contributed by atoms with E-state index >= 15 is 0 Å². The molecule has 0 atom stereocenters. The lowest BCUT2D eigenvalue weighted by molar-refractivity contribution is -0.116. The molecule has 0 saturated heterocycles. The molecule has 0 heterocycles. The van der Waals surface area contributed by atoms with Gasteiger partial charge in [0.1, 0.15) is 5.75 Å². The van der Waals surface area contributed by atoms with Gasteiger partial charge in [-0.15, -0.1) is 0 Å². The second-order valence-electron chi connectivity index (χ2n) is 5.79. The number of anilines is 2. The van der Waals surface area contributed by atoms with E-state index in [0.29, 0.717) is 33.6 Å². The zero-order valence-electron chi connectivity index (χ0n) is 14.9. The summed E-state index contributed by atoms with van der Waals surface area (Å²) in [6, 6.07) is 11.6. The molecule has 9 heteroatoms. The van der Waals surface area contributed by atoms with Crippen LogP contribution in [-0.4, -0.2) is 34.2 Å². The Morgan fingerprint density at radius 2 is 1.85 bits per heavy atom. The van der Waals surface area contributed by atoms with Gasteiger partial charge in [-0.2, -0.15) is 0 Å². The number of sulfonamides is 1. The minimum Gasteiger partial charge on any atom is -0.495 e. The van der Waals surface area contributed by atoms with Gasteiger partial charge in [0.2, 0.25) is 15.9 Å². The van der Waals surface area contributed by atoms with Crippen molar-refractivity contribution in [2.45, 2.75) is 12.8 Å². The summed E-state index contributed by atoms with van der Waals surface area (Å²) < 4.78 is 30.6. The fraction of sp³-hybridized carbons (Fsp3) is 0.278. The maximum absolute atomic E-state index is 12.1. The number of hydrogen-bond donors (Lipinski definition) is 1. The predicted molar refractivity (Wildman–Crippen MR) is 110 cm³/mol. The lowest BCUT2D eigenvalue weighted by atomic mass is 10.2. The summed E-state index contributed by atoms with van der Waals surface area (Å²) in [5, 5.41) is 3.46. The van der Waals surface area contributed by atoms with E-state index in [4.69, 9.17) is 27.9 Å². The van der Waals surface area contributed by atoms with Gasteiger partial charge in [0.05, 0.1) is 34.8 Å². The Morgan fingerprint density at radius 3 is 2.44 bits per heavy atom. The number of benzene rings is 2. The van der Waals surface area contributed by atoms with Crippen molar-refractivity contribution in [3.05, 3.63) is 52.5 Å². The third-order valence-corrected chi connectivity index (χ3v) is 5.56. The summed E-state index contributed by atoms with van der Waals surface area (Å²) in [7, 11) is -2.06. The maximum Gasteiger partial charge on any atom is 0.232 e. The van der Waals surface area contributed by atoms with Crippen LogP contribution < -0.4 is 14.4 Å². The molecule has 0 aliphatic rings. The summed E-state index contributed by atoms with van der Waals surface area (Å²) in [5.74, 6) is 0.206. The third kappa shape index (κ3) is 6.02. The Morgan fingerprint density at radius 1 is 1.15 bits per heavy atom. The molecule has 0 aromatic heterocycles. The van der Waals surface area contributed by atoms with E-state index in [1.54, 1.807) is 36.4 Å². The number of rotatable bonds is 8. The normalized spacial score (nSPS) is 11.1. The highest BCUT2D eigenvalue weighted by atomic mass is 35.5. The summed E-state index contributed by atoms with van der Waals surface area (Å²) in [6.07, 6.45) is 1.57. The molecule has 0 radical (unpaired) electrons. The van der Waals surface area contributed by atoms with E-state index in [0.717, 1.165) is 6.26 Å². The first-order chi connectivity index (χ1) is 12.7. The Kier molecular flexibility index (Phi) is 7.35. The Balaban J connectivity index is 2.02. The summed E-state index contributed by atoms with van der Waals surface area (Å²) in [6.45, 7) is 0.136. The molecule has 1 amide bonds. The van der Waals surface area contributed by atoms with Gasteiger partial charge in [-0.1, -0.05) is 35.3 Å². The monoisotopic (exact) mass is 430 g/mol. The summed E-state index contributed by atoms with van der Waals surface area (Å²) in [5.41, 5.74) is 0.931. The standard InChI is InChI=1S/C18H20Cl2N2O4S/c1-26-17-10-9-13(12-15(17)20)22(27(2,24)25)11-5-8-18(23)21-16-7-4-3-6-14(16)19/h3-4,6-7,9-10,12H,5,8,11H2,1-2H3,(H,21,23). The van der Waals surface area contributed by atoms with Crippen molar-refractivity contribution in [1.29, 1.82) is 0 Å². The van der Waals surface area contributed by atoms with Crippen LogP contribution in [0.5, 0.6) is 5.75 Å². The smallest absolute Gasteiger partial charge is 0.232 e. The molecular formula is C18H20Cl2N2O4S. The van der Waals surface area contributed by atoms with Crippen LogP contribution in [0.25, 0.3) is 0 Å². The Bertz CT molecular complexity index is 919. The predicted octanol–water partition coefficient (Wildman–Crippen LogP) is 4.19. The Labute approximate surface area is 169 Å². The van der Waals surface area contributed by atoms with Crippen molar-refractivity contribution in [3.8, 4) is 5.75 Å². The van der Waals surface area contributed by atoms with Crippen molar-refractivity contribution in [2.24, 2.45) is 0 Å². The van der Waals surface area contributed by atoms with Crippen molar-refractivity contribution in [2.75, 3.05) is 29.5 Å². The van der Waals surface area contributed by atoms with Gasteiger partial charge in [-0.25, -0.2) is 8.42 Å². The molecule has 0 unspecified atom stereocenters.